The molecular weight excluding hydrogens is 390 g/mol. The topological polar surface area (TPSA) is 69.6 Å². The molecule has 2 atom stereocenters. The minimum atomic E-state index is -0.435. The van der Waals surface area contributed by atoms with E-state index in [1.54, 1.807) is 11.2 Å². The number of nitrogens with zero attached hydrogens (tertiary/aromatic N) is 2. The van der Waals surface area contributed by atoms with Crippen molar-refractivity contribution in [1.82, 2.24) is 14.8 Å². The van der Waals surface area contributed by atoms with Gasteiger partial charge in [0.05, 0.1) is 18.8 Å². The van der Waals surface area contributed by atoms with Crippen LogP contribution in [0, 0.1) is 5.92 Å². The van der Waals surface area contributed by atoms with Crippen molar-refractivity contribution >= 4 is 22.7 Å². The van der Waals surface area contributed by atoms with Gasteiger partial charge in [0.15, 0.2) is 0 Å². The van der Waals surface area contributed by atoms with Gasteiger partial charge in [-0.25, -0.2) is 0 Å². The number of aromatic amines is 1. The maximum Gasteiger partial charge on any atom is 0.246 e. The summed E-state index contributed by atoms with van der Waals surface area (Å²) in [5.41, 5.74) is 3.47. The Hall–Kier alpha value is -3.02. The van der Waals surface area contributed by atoms with Crippen LogP contribution in [0.5, 0.6) is 0 Å². The summed E-state index contributed by atoms with van der Waals surface area (Å²) in [5, 5.41) is 1.18. The predicted molar refractivity (Wildman–Crippen MR) is 116 cm³/mol. The molecule has 6 rings (SSSR count). The fourth-order valence-electron chi connectivity index (χ4n) is 6.02. The Bertz CT molecular complexity index is 1130. The fourth-order valence-corrected chi connectivity index (χ4v) is 6.02. The van der Waals surface area contributed by atoms with Crippen LogP contribution in [0.15, 0.2) is 47.1 Å². The van der Waals surface area contributed by atoms with Crippen molar-refractivity contribution < 1.29 is 14.0 Å². The minimum absolute atomic E-state index is 0.0349. The quantitative estimate of drug-likeness (QED) is 0.695. The van der Waals surface area contributed by atoms with E-state index in [-0.39, 0.29) is 24.4 Å². The molecule has 4 heterocycles. The summed E-state index contributed by atoms with van der Waals surface area (Å²) in [6, 6.07) is 11.5. The molecule has 3 aromatic rings. The molecule has 1 N–H and O–H groups in total. The lowest BCUT2D eigenvalue weighted by atomic mass is 9.77. The standard InChI is InChI=1S/C25H27N3O3/c29-22-15-27(14-17-9-6-12-31-17)25(30)21-13-19-18-10-4-5-11-20(18)26-23(19)24(28(21)22)16-7-2-1-3-8-16/h4-6,9-12,16,21,24,26H,1-3,7-8,13-15H2/t21-,24?/m1/s1. The summed E-state index contributed by atoms with van der Waals surface area (Å²) in [7, 11) is 0. The molecule has 1 unspecified atom stereocenters. The first-order valence-corrected chi connectivity index (χ1v) is 11.4. The Labute approximate surface area is 181 Å². The number of aromatic nitrogens is 1. The Kier molecular flexibility index (Phi) is 4.40. The van der Waals surface area contributed by atoms with Crippen LogP contribution >= 0.6 is 0 Å². The summed E-state index contributed by atoms with van der Waals surface area (Å²) in [5.74, 6) is 1.20. The molecule has 1 aromatic carbocycles. The van der Waals surface area contributed by atoms with Crippen molar-refractivity contribution in [2.24, 2.45) is 5.92 Å². The Morgan fingerprint density at radius 2 is 1.87 bits per heavy atom. The van der Waals surface area contributed by atoms with Gasteiger partial charge in [0, 0.05) is 23.0 Å². The van der Waals surface area contributed by atoms with Crippen molar-refractivity contribution in [3.05, 3.63) is 59.7 Å². The number of nitrogens with one attached hydrogen (secondary N) is 1. The van der Waals surface area contributed by atoms with Gasteiger partial charge in [0.1, 0.15) is 18.3 Å². The van der Waals surface area contributed by atoms with Crippen LogP contribution in [-0.2, 0) is 22.6 Å². The molecule has 2 aliphatic heterocycles. The lowest BCUT2D eigenvalue weighted by molar-refractivity contribution is -0.162. The molecule has 0 spiro atoms. The Balaban J connectivity index is 1.43. The largest absolute Gasteiger partial charge is 0.467 e. The number of carbonyl (C=O) groups excluding carboxylic acids is 2. The van der Waals surface area contributed by atoms with Gasteiger partial charge in [-0.15, -0.1) is 0 Å². The first-order valence-electron chi connectivity index (χ1n) is 11.4. The average molecular weight is 418 g/mol. The summed E-state index contributed by atoms with van der Waals surface area (Å²) in [6.45, 7) is 0.464. The molecule has 1 saturated carbocycles. The van der Waals surface area contributed by atoms with E-state index in [2.05, 4.69) is 23.2 Å². The predicted octanol–water partition coefficient (Wildman–Crippen LogP) is 4.18. The number of hydrogen-bond acceptors (Lipinski definition) is 3. The molecule has 31 heavy (non-hydrogen) atoms. The van der Waals surface area contributed by atoms with Crippen LogP contribution < -0.4 is 0 Å². The second kappa shape index (κ2) is 7.29. The zero-order chi connectivity index (χ0) is 20.9. The van der Waals surface area contributed by atoms with E-state index in [1.165, 1.54) is 30.2 Å². The van der Waals surface area contributed by atoms with E-state index < -0.39 is 6.04 Å². The molecule has 0 bridgehead atoms. The number of para-hydroxylation sites is 1. The zero-order valence-corrected chi connectivity index (χ0v) is 17.5. The van der Waals surface area contributed by atoms with Gasteiger partial charge in [-0.05, 0) is 42.5 Å². The van der Waals surface area contributed by atoms with Crippen LogP contribution in [0.4, 0.5) is 0 Å². The van der Waals surface area contributed by atoms with Gasteiger partial charge in [0.25, 0.3) is 0 Å². The van der Waals surface area contributed by atoms with Gasteiger partial charge in [-0.1, -0.05) is 37.5 Å². The molecule has 6 nitrogen and oxygen atoms in total. The monoisotopic (exact) mass is 417 g/mol. The highest BCUT2D eigenvalue weighted by Crippen LogP contribution is 2.46. The lowest BCUT2D eigenvalue weighted by Crippen LogP contribution is -2.63. The summed E-state index contributed by atoms with van der Waals surface area (Å²) >= 11 is 0. The van der Waals surface area contributed by atoms with Gasteiger partial charge in [-0.2, -0.15) is 0 Å². The van der Waals surface area contributed by atoms with Crippen LogP contribution in [-0.4, -0.2) is 39.2 Å². The highest BCUT2D eigenvalue weighted by atomic mass is 16.3. The van der Waals surface area contributed by atoms with Crippen molar-refractivity contribution in [3.63, 3.8) is 0 Å². The number of piperazine rings is 1. The number of carbonyl (C=O) groups is 2. The van der Waals surface area contributed by atoms with Crippen LogP contribution in [0.25, 0.3) is 10.9 Å². The van der Waals surface area contributed by atoms with Crippen LogP contribution in [0.1, 0.15) is 55.2 Å². The number of rotatable bonds is 3. The third-order valence-corrected chi connectivity index (χ3v) is 7.41. The average Bonchev–Trinajstić information content (AvgIpc) is 3.44. The SMILES string of the molecule is O=C1[C@H]2Cc3c([nH]c4ccccc34)C(C3CCCCC3)N2C(=O)CN1Cc1ccco1. The van der Waals surface area contributed by atoms with E-state index in [0.717, 1.165) is 24.1 Å². The third kappa shape index (κ3) is 2.99. The Morgan fingerprint density at radius 1 is 1.03 bits per heavy atom. The maximum atomic E-state index is 13.6. The Morgan fingerprint density at radius 3 is 2.68 bits per heavy atom. The minimum Gasteiger partial charge on any atom is -0.467 e. The van der Waals surface area contributed by atoms with Crippen LogP contribution in [0.2, 0.25) is 0 Å². The molecule has 2 fully saturated rings. The number of amides is 2. The van der Waals surface area contributed by atoms with Gasteiger partial charge < -0.3 is 19.2 Å². The van der Waals surface area contributed by atoms with Crippen molar-refractivity contribution in [2.75, 3.05) is 6.54 Å². The zero-order valence-electron chi connectivity index (χ0n) is 17.5. The normalized spacial score (nSPS) is 24.5. The smallest absolute Gasteiger partial charge is 0.246 e. The fraction of sp³-hybridized carbons (Fsp3) is 0.440. The molecule has 3 aliphatic rings. The molecule has 0 radical (unpaired) electrons. The first-order chi connectivity index (χ1) is 15.2. The summed E-state index contributed by atoms with van der Waals surface area (Å²) in [6.07, 6.45) is 8.05. The second-order valence-electron chi connectivity index (χ2n) is 9.20. The number of furan rings is 1. The maximum absolute atomic E-state index is 13.6. The van der Waals surface area contributed by atoms with Gasteiger partial charge in [-0.3, -0.25) is 9.59 Å². The molecule has 6 heteroatoms. The van der Waals surface area contributed by atoms with E-state index in [0.29, 0.717) is 24.6 Å². The number of H-pyrrole nitrogens is 1. The molecule has 1 saturated heterocycles. The van der Waals surface area contributed by atoms with Gasteiger partial charge >= 0.3 is 0 Å². The van der Waals surface area contributed by atoms with Crippen molar-refractivity contribution in [2.45, 2.75) is 57.2 Å². The number of benzene rings is 1. The van der Waals surface area contributed by atoms with E-state index in [4.69, 9.17) is 4.42 Å². The first kappa shape index (κ1) is 18.7. The number of hydrogen-bond donors (Lipinski definition) is 1. The molecule has 2 aromatic heterocycles. The van der Waals surface area contributed by atoms with E-state index >= 15 is 0 Å². The molecule has 2 amide bonds. The van der Waals surface area contributed by atoms with Crippen molar-refractivity contribution in [1.29, 1.82) is 0 Å². The highest BCUT2D eigenvalue weighted by Gasteiger charge is 2.49. The molecular formula is C25H27N3O3. The molecule has 160 valence electrons. The third-order valence-electron chi connectivity index (χ3n) is 7.41. The van der Waals surface area contributed by atoms with Crippen LogP contribution in [0.3, 0.4) is 0 Å². The van der Waals surface area contributed by atoms with E-state index in [9.17, 15) is 9.59 Å². The summed E-state index contributed by atoms with van der Waals surface area (Å²) in [4.78, 5) is 34.3. The molecule has 1 aliphatic carbocycles. The van der Waals surface area contributed by atoms with E-state index in [1.807, 2.05) is 23.1 Å². The van der Waals surface area contributed by atoms with Crippen molar-refractivity contribution in [3.8, 4) is 0 Å². The second-order valence-corrected chi connectivity index (χ2v) is 9.20. The highest BCUT2D eigenvalue weighted by molar-refractivity contribution is 5.97. The van der Waals surface area contributed by atoms with Gasteiger partial charge in [0.2, 0.25) is 11.8 Å². The summed E-state index contributed by atoms with van der Waals surface area (Å²) < 4.78 is 5.45. The lowest BCUT2D eigenvalue weighted by Gasteiger charge is -2.49. The number of fused-ring (bicyclic) bond motifs is 4.